The Morgan fingerprint density at radius 1 is 1.17 bits per heavy atom. The molecule has 0 atom stereocenters. The van der Waals surface area contributed by atoms with Crippen molar-refractivity contribution in [2.24, 2.45) is 0 Å². The van der Waals surface area contributed by atoms with Crippen LogP contribution in [0.1, 0.15) is 37.9 Å². The maximum atomic E-state index is 11.6. The van der Waals surface area contributed by atoms with Gasteiger partial charge in [-0.05, 0) is 39.8 Å². The largest absolute Gasteiger partial charge is 0.528 e. The number of carbonyl (C=O) groups is 1. The van der Waals surface area contributed by atoms with E-state index in [-0.39, 0.29) is 12.2 Å². The van der Waals surface area contributed by atoms with Crippen LogP contribution in [0.3, 0.4) is 0 Å². The van der Waals surface area contributed by atoms with Gasteiger partial charge in [0.1, 0.15) is 17.6 Å². The van der Waals surface area contributed by atoms with E-state index in [4.69, 9.17) is 30.6 Å². The van der Waals surface area contributed by atoms with Crippen molar-refractivity contribution >= 4 is 17.8 Å². The summed E-state index contributed by atoms with van der Waals surface area (Å²) in [6, 6.07) is 3.40. The zero-order valence-corrected chi connectivity index (χ0v) is 18.2. The lowest BCUT2D eigenvalue weighted by molar-refractivity contribution is -0.151. The van der Waals surface area contributed by atoms with Gasteiger partial charge in [0.25, 0.3) is 0 Å². The van der Waals surface area contributed by atoms with E-state index in [9.17, 15) is 4.79 Å². The first-order valence-electron chi connectivity index (χ1n) is 9.74. The molecule has 162 valence electrons. The molecule has 30 heavy (non-hydrogen) atoms. The van der Waals surface area contributed by atoms with Crippen molar-refractivity contribution in [3.63, 3.8) is 0 Å². The number of pyridine rings is 1. The average Bonchev–Trinajstić information content (AvgIpc) is 2.68. The molecule has 0 unspecified atom stereocenters. The van der Waals surface area contributed by atoms with Crippen molar-refractivity contribution in [3.8, 4) is 17.5 Å². The van der Waals surface area contributed by atoms with Gasteiger partial charge in [-0.25, -0.2) is 19.7 Å². The number of aryl methyl sites for hydroxylation is 1. The first kappa shape index (κ1) is 22.0. The van der Waals surface area contributed by atoms with Gasteiger partial charge in [0, 0.05) is 25.9 Å². The van der Waals surface area contributed by atoms with Crippen molar-refractivity contribution in [3.05, 3.63) is 34.9 Å². The third kappa shape index (κ3) is 5.93. The third-order valence-corrected chi connectivity index (χ3v) is 4.63. The van der Waals surface area contributed by atoms with Crippen LogP contribution >= 0.6 is 11.6 Å². The molecule has 3 rings (SSSR count). The highest BCUT2D eigenvalue weighted by Crippen LogP contribution is 2.30. The molecular weight excluding hydrogens is 412 g/mol. The Morgan fingerprint density at radius 2 is 1.87 bits per heavy atom. The van der Waals surface area contributed by atoms with Gasteiger partial charge in [-0.15, -0.1) is 5.06 Å². The van der Waals surface area contributed by atoms with Crippen LogP contribution in [0.15, 0.2) is 18.5 Å². The van der Waals surface area contributed by atoms with E-state index in [1.807, 2.05) is 13.8 Å². The highest BCUT2D eigenvalue weighted by Gasteiger charge is 2.25. The van der Waals surface area contributed by atoms with Crippen LogP contribution in [-0.4, -0.2) is 51.5 Å². The molecule has 0 N–H and O–H groups in total. The van der Waals surface area contributed by atoms with Crippen LogP contribution in [0.25, 0.3) is 0 Å². The number of carbonyl (C=O) groups excluding carboxylic acids is 1. The summed E-state index contributed by atoms with van der Waals surface area (Å²) >= 11 is 5.89. The maximum absolute atomic E-state index is 11.6. The standard InChI is InChI=1S/C20H25ClN4O5/c1-12(2)27-20(26)30-25-9-7-15(8-10-25)28-18-13(3)19(23-11-22-18)29-16-5-6-17(21)24-14(16)4/h5-6,11-12,15H,7-10H2,1-4H3. The van der Waals surface area contributed by atoms with Gasteiger partial charge >= 0.3 is 6.16 Å². The SMILES string of the molecule is Cc1nc(Cl)ccc1Oc1ncnc(OC2CCN(OC(=O)OC(C)C)CC2)c1C. The van der Waals surface area contributed by atoms with Crippen LogP contribution < -0.4 is 9.47 Å². The minimum absolute atomic E-state index is 0.0636. The van der Waals surface area contributed by atoms with Crippen molar-refractivity contribution in [1.29, 1.82) is 0 Å². The van der Waals surface area contributed by atoms with E-state index < -0.39 is 6.16 Å². The van der Waals surface area contributed by atoms with Gasteiger partial charge in [0.15, 0.2) is 5.75 Å². The summed E-state index contributed by atoms with van der Waals surface area (Å²) in [4.78, 5) is 29.4. The minimum Gasteiger partial charge on any atom is -0.474 e. The van der Waals surface area contributed by atoms with Crippen LogP contribution in [0.2, 0.25) is 5.15 Å². The number of nitrogens with zero attached hydrogens (tertiary/aromatic N) is 4. The number of hydroxylamine groups is 2. The summed E-state index contributed by atoms with van der Waals surface area (Å²) in [7, 11) is 0. The normalized spacial score (nSPS) is 15.1. The van der Waals surface area contributed by atoms with E-state index in [0.717, 1.165) is 0 Å². The number of halogens is 1. The molecule has 0 spiro atoms. The summed E-state index contributed by atoms with van der Waals surface area (Å²) in [6.45, 7) is 8.27. The smallest absolute Gasteiger partial charge is 0.474 e. The summed E-state index contributed by atoms with van der Waals surface area (Å²) in [5, 5.41) is 1.98. The molecule has 10 heteroatoms. The van der Waals surface area contributed by atoms with Crippen molar-refractivity contribution in [1.82, 2.24) is 20.0 Å². The van der Waals surface area contributed by atoms with Crippen LogP contribution in [0, 0.1) is 13.8 Å². The van der Waals surface area contributed by atoms with Crippen LogP contribution in [-0.2, 0) is 9.57 Å². The molecule has 3 heterocycles. The molecule has 0 radical (unpaired) electrons. The molecule has 0 amide bonds. The van der Waals surface area contributed by atoms with Gasteiger partial charge in [-0.1, -0.05) is 11.6 Å². The Balaban J connectivity index is 1.58. The fourth-order valence-electron chi connectivity index (χ4n) is 2.89. The summed E-state index contributed by atoms with van der Waals surface area (Å²) in [5.74, 6) is 1.41. The summed E-state index contributed by atoms with van der Waals surface area (Å²) in [6.07, 6.45) is 1.78. The lowest BCUT2D eigenvalue weighted by Crippen LogP contribution is -2.40. The van der Waals surface area contributed by atoms with Crippen molar-refractivity contribution < 1.29 is 23.8 Å². The Labute approximate surface area is 180 Å². The Hall–Kier alpha value is -2.65. The molecule has 1 aliphatic heterocycles. The highest BCUT2D eigenvalue weighted by atomic mass is 35.5. The van der Waals surface area contributed by atoms with Gasteiger partial charge < -0.3 is 19.0 Å². The molecule has 0 bridgehead atoms. The molecule has 0 saturated carbocycles. The van der Waals surface area contributed by atoms with Gasteiger partial charge in [0.05, 0.1) is 17.4 Å². The topological polar surface area (TPSA) is 95.9 Å². The van der Waals surface area contributed by atoms with Crippen LogP contribution in [0.4, 0.5) is 4.79 Å². The van der Waals surface area contributed by atoms with Gasteiger partial charge in [-0.2, -0.15) is 0 Å². The maximum Gasteiger partial charge on any atom is 0.528 e. The van der Waals surface area contributed by atoms with E-state index in [2.05, 4.69) is 15.0 Å². The fourth-order valence-corrected chi connectivity index (χ4v) is 3.08. The number of hydrogen-bond acceptors (Lipinski definition) is 9. The molecule has 0 aliphatic carbocycles. The predicted octanol–water partition coefficient (Wildman–Crippen LogP) is 4.25. The number of rotatable bonds is 6. The van der Waals surface area contributed by atoms with Crippen molar-refractivity contribution in [2.45, 2.75) is 52.7 Å². The van der Waals surface area contributed by atoms with Crippen molar-refractivity contribution in [2.75, 3.05) is 13.1 Å². The van der Waals surface area contributed by atoms with Crippen LogP contribution in [0.5, 0.6) is 17.5 Å². The zero-order valence-electron chi connectivity index (χ0n) is 17.4. The minimum atomic E-state index is -0.690. The molecule has 0 aromatic carbocycles. The molecule has 2 aromatic rings. The average molecular weight is 437 g/mol. The van der Waals surface area contributed by atoms with E-state index in [1.54, 1.807) is 31.0 Å². The fraction of sp³-hybridized carbons (Fsp3) is 0.500. The quantitative estimate of drug-likeness (QED) is 0.486. The third-order valence-electron chi connectivity index (χ3n) is 4.42. The van der Waals surface area contributed by atoms with Gasteiger partial charge in [0.2, 0.25) is 11.8 Å². The van der Waals surface area contributed by atoms with E-state index in [1.165, 1.54) is 6.33 Å². The summed E-state index contributed by atoms with van der Waals surface area (Å²) in [5.41, 5.74) is 1.34. The van der Waals surface area contributed by atoms with Gasteiger partial charge in [-0.3, -0.25) is 0 Å². The molecular formula is C20H25ClN4O5. The number of ether oxygens (including phenoxy) is 3. The Morgan fingerprint density at radius 3 is 2.53 bits per heavy atom. The highest BCUT2D eigenvalue weighted by molar-refractivity contribution is 6.29. The summed E-state index contributed by atoms with van der Waals surface area (Å²) < 4.78 is 16.9. The number of aromatic nitrogens is 3. The second-order valence-electron chi connectivity index (χ2n) is 7.18. The molecule has 1 aliphatic rings. The van der Waals surface area contributed by atoms with E-state index >= 15 is 0 Å². The monoisotopic (exact) mass is 436 g/mol. The lowest BCUT2D eigenvalue weighted by atomic mass is 10.1. The lowest BCUT2D eigenvalue weighted by Gasteiger charge is -2.30. The second-order valence-corrected chi connectivity index (χ2v) is 7.57. The Bertz CT molecular complexity index is 887. The zero-order chi connectivity index (χ0) is 21.7. The molecule has 9 nitrogen and oxygen atoms in total. The first-order valence-corrected chi connectivity index (χ1v) is 10.1. The van der Waals surface area contributed by atoms with E-state index in [0.29, 0.717) is 59.9 Å². The first-order chi connectivity index (χ1) is 14.3. The molecule has 2 aromatic heterocycles. The molecule has 1 saturated heterocycles. The Kier molecular flexibility index (Phi) is 7.28. The number of piperidine rings is 1. The number of hydrogen-bond donors (Lipinski definition) is 0. The second kappa shape index (κ2) is 9.90. The molecule has 1 fully saturated rings. The predicted molar refractivity (Wildman–Crippen MR) is 109 cm³/mol.